The highest BCUT2D eigenvalue weighted by atomic mass is 32.2. The van der Waals surface area contributed by atoms with E-state index < -0.39 is 26.5 Å². The SMILES string of the molecule is CCc1ccc(NS(=O)(=O)C2=C(N3CCCCC3)C(=O)c3ccccc3C2=O)cc1. The number of fused-ring (bicyclic) bond motifs is 1. The number of aryl methyl sites for hydroxylation is 1. The topological polar surface area (TPSA) is 83.6 Å². The maximum absolute atomic E-state index is 13.4. The first kappa shape index (κ1) is 20.3. The van der Waals surface area contributed by atoms with Gasteiger partial charge in [-0.05, 0) is 43.4 Å². The van der Waals surface area contributed by atoms with Crippen LogP contribution in [0.25, 0.3) is 0 Å². The Morgan fingerprint density at radius 1 is 0.867 bits per heavy atom. The Hall–Kier alpha value is -2.93. The van der Waals surface area contributed by atoms with Crippen molar-refractivity contribution in [1.29, 1.82) is 0 Å². The van der Waals surface area contributed by atoms with Gasteiger partial charge >= 0.3 is 0 Å². The molecule has 7 heteroatoms. The molecule has 0 bridgehead atoms. The molecule has 0 unspecified atom stereocenters. The summed E-state index contributed by atoms with van der Waals surface area (Å²) in [4.78, 5) is 27.9. The van der Waals surface area contributed by atoms with Gasteiger partial charge in [0.2, 0.25) is 11.6 Å². The number of piperidine rings is 1. The first-order valence-electron chi connectivity index (χ1n) is 10.2. The summed E-state index contributed by atoms with van der Waals surface area (Å²) in [5.41, 5.74) is 1.82. The van der Waals surface area contributed by atoms with Gasteiger partial charge in [-0.15, -0.1) is 0 Å². The van der Waals surface area contributed by atoms with E-state index in [2.05, 4.69) is 4.72 Å². The minimum atomic E-state index is -4.26. The van der Waals surface area contributed by atoms with Crippen LogP contribution in [0.5, 0.6) is 0 Å². The third-order valence-electron chi connectivity index (χ3n) is 5.61. The molecule has 30 heavy (non-hydrogen) atoms. The summed E-state index contributed by atoms with van der Waals surface area (Å²) in [7, 11) is -4.26. The summed E-state index contributed by atoms with van der Waals surface area (Å²) in [5.74, 6) is -1.04. The van der Waals surface area contributed by atoms with Crippen molar-refractivity contribution in [3.63, 3.8) is 0 Å². The number of Topliss-reactive ketones (excluding diaryl/α,β-unsaturated/α-hetero) is 2. The van der Waals surface area contributed by atoms with Gasteiger partial charge in [0.05, 0.1) is 0 Å². The first-order valence-corrected chi connectivity index (χ1v) is 11.7. The lowest BCUT2D eigenvalue weighted by Gasteiger charge is -2.33. The normalized spacial score (nSPS) is 17.2. The molecular weight excluding hydrogens is 400 g/mol. The Kier molecular flexibility index (Phi) is 5.47. The molecule has 1 saturated heterocycles. The van der Waals surface area contributed by atoms with Crippen LogP contribution in [0.4, 0.5) is 5.69 Å². The van der Waals surface area contributed by atoms with Gasteiger partial charge in [0, 0.05) is 29.9 Å². The predicted octanol–water partition coefficient (Wildman–Crippen LogP) is 3.77. The summed E-state index contributed by atoms with van der Waals surface area (Å²) in [6.45, 7) is 3.13. The van der Waals surface area contributed by atoms with E-state index in [1.54, 1.807) is 35.2 Å². The summed E-state index contributed by atoms with van der Waals surface area (Å²) >= 11 is 0. The van der Waals surface area contributed by atoms with Crippen molar-refractivity contribution in [3.8, 4) is 0 Å². The first-order chi connectivity index (χ1) is 14.4. The highest BCUT2D eigenvalue weighted by molar-refractivity contribution is 7.97. The van der Waals surface area contributed by atoms with Crippen LogP contribution in [-0.2, 0) is 16.4 Å². The smallest absolute Gasteiger partial charge is 0.268 e. The van der Waals surface area contributed by atoms with Crippen molar-refractivity contribution >= 4 is 27.3 Å². The van der Waals surface area contributed by atoms with Gasteiger partial charge in [0.1, 0.15) is 5.70 Å². The molecule has 4 rings (SSSR count). The molecule has 2 aliphatic rings. The average Bonchev–Trinajstić information content (AvgIpc) is 2.77. The fraction of sp³-hybridized carbons (Fsp3) is 0.304. The Morgan fingerprint density at radius 3 is 2.07 bits per heavy atom. The molecule has 0 atom stereocenters. The predicted molar refractivity (Wildman–Crippen MR) is 116 cm³/mol. The number of anilines is 1. The zero-order valence-corrected chi connectivity index (χ0v) is 17.7. The van der Waals surface area contributed by atoms with E-state index in [9.17, 15) is 18.0 Å². The van der Waals surface area contributed by atoms with Crippen molar-refractivity contribution in [1.82, 2.24) is 4.90 Å². The number of hydrogen-bond donors (Lipinski definition) is 1. The summed E-state index contributed by atoms with van der Waals surface area (Å²) in [6.07, 6.45) is 3.56. The zero-order chi connectivity index (χ0) is 21.3. The molecule has 2 aromatic carbocycles. The number of nitrogens with zero attached hydrogens (tertiary/aromatic N) is 1. The van der Waals surface area contributed by atoms with E-state index in [4.69, 9.17) is 0 Å². The van der Waals surface area contributed by atoms with Crippen LogP contribution in [0, 0.1) is 0 Å². The van der Waals surface area contributed by atoms with E-state index in [0.29, 0.717) is 18.8 Å². The standard InChI is InChI=1S/C23H24N2O4S/c1-2-16-10-12-17(13-11-16)24-30(28,29)23-20(25-14-6-3-7-15-25)21(26)18-8-4-5-9-19(18)22(23)27/h4-5,8-13,24H,2-3,6-7,14-15H2,1H3. The van der Waals surface area contributed by atoms with Gasteiger partial charge in [-0.2, -0.15) is 0 Å². The molecule has 0 aromatic heterocycles. The Labute approximate surface area is 176 Å². The van der Waals surface area contributed by atoms with Crippen molar-refractivity contribution in [2.24, 2.45) is 0 Å². The Bertz CT molecular complexity index is 1130. The minimum Gasteiger partial charge on any atom is -0.367 e. The molecule has 0 spiro atoms. The second-order valence-corrected chi connectivity index (χ2v) is 9.20. The zero-order valence-electron chi connectivity index (χ0n) is 16.8. The number of ketones is 2. The second-order valence-electron chi connectivity index (χ2n) is 7.59. The van der Waals surface area contributed by atoms with Gasteiger partial charge in [-0.25, -0.2) is 8.42 Å². The Morgan fingerprint density at radius 2 is 1.47 bits per heavy atom. The fourth-order valence-corrected chi connectivity index (χ4v) is 5.39. The highest BCUT2D eigenvalue weighted by Crippen LogP contribution is 2.33. The number of nitrogens with one attached hydrogen (secondary N) is 1. The molecule has 0 amide bonds. The number of allylic oxidation sites excluding steroid dienone is 2. The van der Waals surface area contributed by atoms with Crippen molar-refractivity contribution in [3.05, 3.63) is 75.8 Å². The van der Waals surface area contributed by atoms with Gasteiger partial charge in [-0.1, -0.05) is 43.3 Å². The molecular formula is C23H24N2O4S. The number of carbonyl (C=O) groups is 2. The van der Waals surface area contributed by atoms with Crippen molar-refractivity contribution in [2.75, 3.05) is 17.8 Å². The van der Waals surface area contributed by atoms with E-state index in [0.717, 1.165) is 31.2 Å². The molecule has 0 radical (unpaired) electrons. The largest absolute Gasteiger partial charge is 0.367 e. The van der Waals surface area contributed by atoms with Gasteiger partial charge in [0.25, 0.3) is 10.0 Å². The number of benzene rings is 2. The molecule has 6 nitrogen and oxygen atoms in total. The van der Waals surface area contributed by atoms with E-state index in [-0.39, 0.29) is 16.8 Å². The van der Waals surface area contributed by atoms with Crippen molar-refractivity contribution in [2.45, 2.75) is 32.6 Å². The Balaban J connectivity index is 1.82. The fourth-order valence-electron chi connectivity index (χ4n) is 4.01. The summed E-state index contributed by atoms with van der Waals surface area (Å²) < 4.78 is 29.2. The van der Waals surface area contributed by atoms with E-state index in [1.165, 1.54) is 6.07 Å². The maximum atomic E-state index is 13.4. The van der Waals surface area contributed by atoms with Crippen LogP contribution in [0.1, 0.15) is 52.5 Å². The molecule has 1 N–H and O–H groups in total. The van der Waals surface area contributed by atoms with Crippen LogP contribution in [0.2, 0.25) is 0 Å². The van der Waals surface area contributed by atoms with E-state index >= 15 is 0 Å². The number of sulfonamides is 1. The molecule has 1 aliphatic heterocycles. The molecule has 2 aromatic rings. The maximum Gasteiger partial charge on any atom is 0.268 e. The summed E-state index contributed by atoms with van der Waals surface area (Å²) in [5, 5.41) is 0. The molecule has 1 heterocycles. The second kappa shape index (κ2) is 8.07. The van der Waals surface area contributed by atoms with Gasteiger partial charge in [0.15, 0.2) is 4.91 Å². The lowest BCUT2D eigenvalue weighted by Crippen LogP contribution is -2.40. The number of hydrogen-bond acceptors (Lipinski definition) is 5. The van der Waals surface area contributed by atoms with Crippen LogP contribution < -0.4 is 4.72 Å². The molecule has 1 fully saturated rings. The lowest BCUT2D eigenvalue weighted by atomic mass is 9.91. The highest BCUT2D eigenvalue weighted by Gasteiger charge is 2.41. The van der Waals surface area contributed by atoms with Crippen molar-refractivity contribution < 1.29 is 18.0 Å². The number of rotatable bonds is 5. The molecule has 1 aliphatic carbocycles. The van der Waals surface area contributed by atoms with Crippen LogP contribution in [0.15, 0.2) is 59.1 Å². The minimum absolute atomic E-state index is 0.00363. The third kappa shape index (κ3) is 3.65. The van der Waals surface area contributed by atoms with Crippen LogP contribution >= 0.6 is 0 Å². The number of carbonyl (C=O) groups excluding carboxylic acids is 2. The monoisotopic (exact) mass is 424 g/mol. The quantitative estimate of drug-likeness (QED) is 0.790. The average molecular weight is 425 g/mol. The van der Waals surface area contributed by atoms with Gasteiger partial charge < -0.3 is 4.90 Å². The van der Waals surface area contributed by atoms with Crippen LogP contribution in [0.3, 0.4) is 0 Å². The lowest BCUT2D eigenvalue weighted by molar-refractivity contribution is 0.0939. The van der Waals surface area contributed by atoms with E-state index in [1.807, 2.05) is 19.1 Å². The molecule has 0 saturated carbocycles. The number of likely N-dealkylation sites (tertiary alicyclic amines) is 1. The third-order valence-corrected chi connectivity index (χ3v) is 7.03. The van der Waals surface area contributed by atoms with Crippen LogP contribution in [-0.4, -0.2) is 38.0 Å². The molecule has 156 valence electrons. The summed E-state index contributed by atoms with van der Waals surface area (Å²) in [6, 6.07) is 13.4. The van der Waals surface area contributed by atoms with Gasteiger partial charge in [-0.3, -0.25) is 14.3 Å².